The summed E-state index contributed by atoms with van der Waals surface area (Å²) in [4.78, 5) is 29.8. The van der Waals surface area contributed by atoms with E-state index in [0.29, 0.717) is 25.6 Å². The van der Waals surface area contributed by atoms with Gasteiger partial charge in [-0.1, -0.05) is 6.07 Å². The fourth-order valence-corrected chi connectivity index (χ4v) is 2.77. The normalized spacial score (nSPS) is 21.0. The zero-order chi connectivity index (χ0) is 15.5. The van der Waals surface area contributed by atoms with Gasteiger partial charge in [0.2, 0.25) is 5.91 Å². The van der Waals surface area contributed by atoms with E-state index in [2.05, 4.69) is 15.6 Å². The van der Waals surface area contributed by atoms with Gasteiger partial charge in [-0.05, 0) is 37.8 Å². The maximum absolute atomic E-state index is 11.9. The van der Waals surface area contributed by atoms with Gasteiger partial charge in [-0.25, -0.2) is 4.79 Å². The van der Waals surface area contributed by atoms with Gasteiger partial charge < -0.3 is 15.5 Å². The molecule has 0 radical (unpaired) electrons. The number of amides is 3. The molecule has 3 amide bonds. The van der Waals surface area contributed by atoms with Gasteiger partial charge >= 0.3 is 6.03 Å². The summed E-state index contributed by atoms with van der Waals surface area (Å²) < 4.78 is 0. The fraction of sp³-hybridized carbons (Fsp3) is 0.562. The highest BCUT2D eigenvalue weighted by molar-refractivity contribution is 5.82. The second-order valence-corrected chi connectivity index (χ2v) is 6.14. The Hall–Kier alpha value is -2.11. The average Bonchev–Trinajstić information content (AvgIpc) is 3.26. The van der Waals surface area contributed by atoms with E-state index >= 15 is 0 Å². The number of likely N-dealkylation sites (tertiary alicyclic amines) is 1. The van der Waals surface area contributed by atoms with E-state index in [9.17, 15) is 9.59 Å². The number of hydrogen-bond donors (Lipinski definition) is 2. The van der Waals surface area contributed by atoms with Crippen LogP contribution in [0.3, 0.4) is 0 Å². The van der Waals surface area contributed by atoms with Crippen molar-refractivity contribution >= 4 is 11.9 Å². The van der Waals surface area contributed by atoms with Crippen LogP contribution in [0, 0.1) is 6.92 Å². The van der Waals surface area contributed by atoms with Crippen LogP contribution in [0.15, 0.2) is 18.3 Å². The first kappa shape index (κ1) is 14.8. The second kappa shape index (κ2) is 6.34. The molecule has 3 rings (SSSR count). The first-order valence-corrected chi connectivity index (χ1v) is 7.87. The van der Waals surface area contributed by atoms with Gasteiger partial charge in [0.25, 0.3) is 0 Å². The fourth-order valence-electron chi connectivity index (χ4n) is 2.77. The van der Waals surface area contributed by atoms with Crippen molar-refractivity contribution in [2.45, 2.75) is 44.7 Å². The molecule has 6 nitrogen and oxygen atoms in total. The summed E-state index contributed by atoms with van der Waals surface area (Å²) in [5, 5.41) is 5.73. The first-order chi connectivity index (χ1) is 10.6. The molecule has 1 saturated heterocycles. The van der Waals surface area contributed by atoms with Crippen molar-refractivity contribution in [1.29, 1.82) is 0 Å². The Morgan fingerprint density at radius 1 is 1.41 bits per heavy atom. The predicted octanol–water partition coefficient (Wildman–Crippen LogP) is 0.995. The third kappa shape index (κ3) is 3.75. The SMILES string of the molecule is Cc1ccc(CCNC(=O)NC2CC(=O)N(C3CC3)C2)cn1. The maximum atomic E-state index is 11.9. The lowest BCUT2D eigenvalue weighted by Gasteiger charge is -2.16. The van der Waals surface area contributed by atoms with Crippen molar-refractivity contribution in [3.63, 3.8) is 0 Å². The molecule has 2 aliphatic rings. The minimum absolute atomic E-state index is 0.0610. The Morgan fingerprint density at radius 2 is 2.23 bits per heavy atom. The highest BCUT2D eigenvalue weighted by Crippen LogP contribution is 2.30. The van der Waals surface area contributed by atoms with Crippen LogP contribution >= 0.6 is 0 Å². The maximum Gasteiger partial charge on any atom is 0.315 e. The number of nitrogens with one attached hydrogen (secondary N) is 2. The Kier molecular flexibility index (Phi) is 4.27. The molecule has 1 aliphatic carbocycles. The molecule has 0 aromatic carbocycles. The molecule has 1 aromatic heterocycles. The topological polar surface area (TPSA) is 74.3 Å². The highest BCUT2D eigenvalue weighted by Gasteiger charge is 2.39. The Bertz CT molecular complexity index is 554. The smallest absolute Gasteiger partial charge is 0.315 e. The van der Waals surface area contributed by atoms with E-state index in [1.165, 1.54) is 0 Å². The van der Waals surface area contributed by atoms with Gasteiger partial charge in [-0.2, -0.15) is 0 Å². The van der Waals surface area contributed by atoms with Crippen molar-refractivity contribution in [1.82, 2.24) is 20.5 Å². The molecule has 1 aliphatic heterocycles. The monoisotopic (exact) mass is 302 g/mol. The molecule has 0 bridgehead atoms. The summed E-state index contributed by atoms with van der Waals surface area (Å²) in [5.41, 5.74) is 2.09. The van der Waals surface area contributed by atoms with Gasteiger partial charge in [0, 0.05) is 37.4 Å². The van der Waals surface area contributed by atoms with Crippen molar-refractivity contribution in [3.05, 3.63) is 29.6 Å². The van der Waals surface area contributed by atoms with Gasteiger partial charge in [0.05, 0.1) is 6.04 Å². The standard InChI is InChI=1S/C16H22N4O2/c1-11-2-3-12(9-18-11)6-7-17-16(22)19-13-8-15(21)20(10-13)14-4-5-14/h2-3,9,13-14H,4-8,10H2,1H3,(H2,17,19,22). The van der Waals surface area contributed by atoms with Crippen molar-refractivity contribution in [2.75, 3.05) is 13.1 Å². The molecule has 6 heteroatoms. The van der Waals surface area contributed by atoms with Crippen LogP contribution in [0.4, 0.5) is 4.79 Å². The first-order valence-electron chi connectivity index (χ1n) is 7.87. The van der Waals surface area contributed by atoms with E-state index in [1.54, 1.807) is 0 Å². The van der Waals surface area contributed by atoms with E-state index in [-0.39, 0.29) is 18.0 Å². The summed E-state index contributed by atoms with van der Waals surface area (Å²) in [6.45, 7) is 3.16. The minimum atomic E-state index is -0.199. The largest absolute Gasteiger partial charge is 0.338 e. The predicted molar refractivity (Wildman–Crippen MR) is 82.4 cm³/mol. The lowest BCUT2D eigenvalue weighted by Crippen LogP contribution is -2.44. The van der Waals surface area contributed by atoms with Gasteiger partial charge in [-0.15, -0.1) is 0 Å². The van der Waals surface area contributed by atoms with E-state index in [4.69, 9.17) is 0 Å². The molecular weight excluding hydrogens is 280 g/mol. The molecule has 2 fully saturated rings. The quantitative estimate of drug-likeness (QED) is 0.852. The van der Waals surface area contributed by atoms with Crippen LogP contribution in [0.5, 0.6) is 0 Å². The number of urea groups is 1. The van der Waals surface area contributed by atoms with Gasteiger partial charge in [0.1, 0.15) is 0 Å². The van der Waals surface area contributed by atoms with Crippen LogP contribution in [0.1, 0.15) is 30.5 Å². The molecule has 1 atom stereocenters. The molecule has 1 unspecified atom stereocenters. The van der Waals surface area contributed by atoms with E-state index < -0.39 is 0 Å². The van der Waals surface area contributed by atoms with Gasteiger partial charge in [-0.3, -0.25) is 9.78 Å². The molecule has 118 valence electrons. The molecule has 1 aromatic rings. The third-order valence-corrected chi connectivity index (χ3v) is 4.15. The summed E-state index contributed by atoms with van der Waals surface area (Å²) in [6.07, 6.45) is 5.22. The number of hydrogen-bond acceptors (Lipinski definition) is 3. The van der Waals surface area contributed by atoms with Crippen molar-refractivity contribution in [3.8, 4) is 0 Å². The van der Waals surface area contributed by atoms with Crippen LogP contribution in [0.2, 0.25) is 0 Å². The Labute approximate surface area is 130 Å². The van der Waals surface area contributed by atoms with Crippen LogP contribution < -0.4 is 10.6 Å². The summed E-state index contributed by atoms with van der Waals surface area (Å²) >= 11 is 0. The molecule has 22 heavy (non-hydrogen) atoms. The molecule has 2 N–H and O–H groups in total. The molecule has 1 saturated carbocycles. The summed E-state index contributed by atoms with van der Waals surface area (Å²) in [5.74, 6) is 0.165. The minimum Gasteiger partial charge on any atom is -0.338 e. The van der Waals surface area contributed by atoms with Crippen LogP contribution in [0.25, 0.3) is 0 Å². The zero-order valence-electron chi connectivity index (χ0n) is 12.8. The number of nitrogens with zero attached hydrogens (tertiary/aromatic N) is 2. The molecule has 0 spiro atoms. The third-order valence-electron chi connectivity index (χ3n) is 4.15. The zero-order valence-corrected chi connectivity index (χ0v) is 12.8. The van der Waals surface area contributed by atoms with Crippen molar-refractivity contribution < 1.29 is 9.59 Å². The lowest BCUT2D eigenvalue weighted by atomic mass is 10.2. The number of carbonyl (C=O) groups is 2. The second-order valence-electron chi connectivity index (χ2n) is 6.14. The van der Waals surface area contributed by atoms with Crippen LogP contribution in [-0.4, -0.2) is 47.0 Å². The van der Waals surface area contributed by atoms with Crippen molar-refractivity contribution in [2.24, 2.45) is 0 Å². The van der Waals surface area contributed by atoms with E-state index in [0.717, 1.165) is 30.5 Å². The van der Waals surface area contributed by atoms with Crippen LogP contribution in [-0.2, 0) is 11.2 Å². The molecule has 2 heterocycles. The Balaban J connectivity index is 1.37. The number of aryl methyl sites for hydroxylation is 1. The highest BCUT2D eigenvalue weighted by atomic mass is 16.2. The van der Waals surface area contributed by atoms with Gasteiger partial charge in [0.15, 0.2) is 0 Å². The molecular formula is C16H22N4O2. The summed E-state index contributed by atoms with van der Waals surface area (Å²) in [6, 6.07) is 4.15. The Morgan fingerprint density at radius 3 is 2.91 bits per heavy atom. The van der Waals surface area contributed by atoms with E-state index in [1.807, 2.05) is 30.2 Å². The number of carbonyl (C=O) groups excluding carboxylic acids is 2. The number of aromatic nitrogens is 1. The summed E-state index contributed by atoms with van der Waals surface area (Å²) in [7, 11) is 0. The number of pyridine rings is 1. The number of rotatable bonds is 5. The average molecular weight is 302 g/mol. The lowest BCUT2D eigenvalue weighted by molar-refractivity contribution is -0.128.